The first-order valence-electron chi connectivity index (χ1n) is 4.59. The van der Waals surface area contributed by atoms with Gasteiger partial charge in [-0.1, -0.05) is 20.8 Å². The third kappa shape index (κ3) is 6.75. The third-order valence-electron chi connectivity index (χ3n) is 1.78. The molecular formula is C9H18O3S. The molecule has 13 heavy (non-hydrogen) atoms. The van der Waals surface area contributed by atoms with Crippen molar-refractivity contribution in [2.75, 3.05) is 11.5 Å². The van der Waals surface area contributed by atoms with Crippen LogP contribution in [0.15, 0.2) is 0 Å². The van der Waals surface area contributed by atoms with Gasteiger partial charge in [-0.25, -0.2) is 8.42 Å². The van der Waals surface area contributed by atoms with Gasteiger partial charge in [-0.3, -0.25) is 4.79 Å². The molecule has 0 aliphatic carbocycles. The number of Topliss-reactive ketones (excluding diaryl/α,β-unsaturated/α-hetero) is 1. The Morgan fingerprint density at radius 2 is 1.85 bits per heavy atom. The summed E-state index contributed by atoms with van der Waals surface area (Å²) in [7, 11) is -3.14. The minimum atomic E-state index is -3.14. The third-order valence-corrected chi connectivity index (χ3v) is 3.40. The predicted molar refractivity (Wildman–Crippen MR) is 53.4 cm³/mol. The van der Waals surface area contributed by atoms with Crippen LogP contribution in [0.25, 0.3) is 0 Å². The molecular weight excluding hydrogens is 188 g/mol. The summed E-state index contributed by atoms with van der Waals surface area (Å²) in [4.78, 5) is 10.9. The van der Waals surface area contributed by atoms with Crippen molar-refractivity contribution in [2.24, 2.45) is 5.92 Å². The average molecular weight is 206 g/mol. The smallest absolute Gasteiger partial charge is 0.157 e. The molecule has 0 radical (unpaired) electrons. The van der Waals surface area contributed by atoms with Crippen molar-refractivity contribution < 1.29 is 13.2 Å². The number of ketones is 1. The van der Waals surface area contributed by atoms with Gasteiger partial charge in [0.15, 0.2) is 9.84 Å². The molecule has 0 N–H and O–H groups in total. The first kappa shape index (κ1) is 12.6. The lowest BCUT2D eigenvalue weighted by atomic mass is 10.2. The summed E-state index contributed by atoms with van der Waals surface area (Å²) in [5.41, 5.74) is 0. The van der Waals surface area contributed by atoms with Gasteiger partial charge in [-0.2, -0.15) is 0 Å². The lowest BCUT2D eigenvalue weighted by molar-refractivity contribution is -0.116. The van der Waals surface area contributed by atoms with Crippen molar-refractivity contribution in [3.05, 3.63) is 0 Å². The highest BCUT2D eigenvalue weighted by atomic mass is 32.2. The van der Waals surface area contributed by atoms with Crippen LogP contribution in [0.3, 0.4) is 0 Å². The van der Waals surface area contributed by atoms with E-state index in [1.54, 1.807) is 6.92 Å². The fraction of sp³-hybridized carbons (Fsp3) is 0.889. The maximum Gasteiger partial charge on any atom is 0.157 e. The number of carbonyl (C=O) groups is 1. The van der Waals surface area contributed by atoms with Gasteiger partial charge in [0.25, 0.3) is 0 Å². The Kier molecular flexibility index (Phi) is 5.21. The Labute approximate surface area is 80.4 Å². The Morgan fingerprint density at radius 1 is 1.31 bits per heavy atom. The van der Waals surface area contributed by atoms with Gasteiger partial charge < -0.3 is 0 Å². The highest BCUT2D eigenvalue weighted by Gasteiger charge is 2.15. The van der Waals surface area contributed by atoms with Gasteiger partial charge in [0.1, 0.15) is 11.5 Å². The molecule has 0 aromatic heterocycles. The van der Waals surface area contributed by atoms with E-state index in [1.807, 2.05) is 13.8 Å². The molecule has 0 aliphatic heterocycles. The van der Waals surface area contributed by atoms with Crippen molar-refractivity contribution in [3.63, 3.8) is 0 Å². The van der Waals surface area contributed by atoms with E-state index < -0.39 is 9.84 Å². The number of sulfone groups is 1. The molecule has 0 saturated heterocycles. The maximum atomic E-state index is 11.3. The van der Waals surface area contributed by atoms with E-state index in [0.29, 0.717) is 18.8 Å². The first-order chi connectivity index (χ1) is 5.87. The molecule has 0 aromatic carbocycles. The lowest BCUT2D eigenvalue weighted by Gasteiger charge is -2.04. The summed E-state index contributed by atoms with van der Waals surface area (Å²) >= 11 is 0. The van der Waals surface area contributed by atoms with Gasteiger partial charge in [-0.15, -0.1) is 0 Å². The monoisotopic (exact) mass is 206 g/mol. The van der Waals surface area contributed by atoms with E-state index in [9.17, 15) is 13.2 Å². The van der Waals surface area contributed by atoms with E-state index in [0.717, 1.165) is 0 Å². The van der Waals surface area contributed by atoms with Crippen molar-refractivity contribution in [1.82, 2.24) is 0 Å². The molecule has 0 heterocycles. The topological polar surface area (TPSA) is 51.2 Å². The van der Waals surface area contributed by atoms with E-state index >= 15 is 0 Å². The minimum Gasteiger partial charge on any atom is -0.299 e. The molecule has 4 heteroatoms. The zero-order valence-electron chi connectivity index (χ0n) is 8.54. The fourth-order valence-corrected chi connectivity index (χ4v) is 2.50. The molecule has 0 amide bonds. The van der Waals surface area contributed by atoms with Crippen molar-refractivity contribution in [3.8, 4) is 0 Å². The summed E-state index contributed by atoms with van der Waals surface area (Å²) in [6.45, 7) is 5.62. The average Bonchev–Trinajstić information content (AvgIpc) is 2.00. The minimum absolute atomic E-state index is 0.135. The van der Waals surface area contributed by atoms with Gasteiger partial charge in [-0.05, 0) is 12.3 Å². The van der Waals surface area contributed by atoms with Crippen LogP contribution in [0.5, 0.6) is 0 Å². The quantitative estimate of drug-likeness (QED) is 0.660. The Bertz CT molecular complexity index is 252. The molecule has 0 saturated carbocycles. The highest BCUT2D eigenvalue weighted by molar-refractivity contribution is 7.92. The van der Waals surface area contributed by atoms with Crippen LogP contribution in [0.1, 0.15) is 33.6 Å². The van der Waals surface area contributed by atoms with Crippen LogP contribution in [0.2, 0.25) is 0 Å². The van der Waals surface area contributed by atoms with Crippen LogP contribution in [0, 0.1) is 5.92 Å². The normalized spacial score (nSPS) is 12.0. The summed E-state index contributed by atoms with van der Waals surface area (Å²) in [5, 5.41) is 0. The van der Waals surface area contributed by atoms with Gasteiger partial charge >= 0.3 is 0 Å². The summed E-state index contributed by atoms with van der Waals surface area (Å²) < 4.78 is 22.6. The second kappa shape index (κ2) is 5.37. The van der Waals surface area contributed by atoms with Crippen LogP contribution in [-0.2, 0) is 14.6 Å². The SMILES string of the molecule is CCC(=O)CS(=O)(=O)CCC(C)C. The van der Waals surface area contributed by atoms with E-state index in [4.69, 9.17) is 0 Å². The van der Waals surface area contributed by atoms with Crippen LogP contribution >= 0.6 is 0 Å². The predicted octanol–water partition coefficient (Wildman–Crippen LogP) is 1.43. The summed E-state index contributed by atoms with van der Waals surface area (Å²) in [6, 6.07) is 0. The van der Waals surface area contributed by atoms with E-state index in [2.05, 4.69) is 0 Å². The molecule has 0 aliphatic rings. The fourth-order valence-electron chi connectivity index (χ4n) is 0.835. The van der Waals surface area contributed by atoms with Crippen LogP contribution in [0.4, 0.5) is 0 Å². The van der Waals surface area contributed by atoms with Gasteiger partial charge in [0.05, 0.1) is 5.75 Å². The molecule has 0 bridgehead atoms. The molecule has 0 atom stereocenters. The molecule has 0 fully saturated rings. The standard InChI is InChI=1S/C9H18O3S/c1-4-9(10)7-13(11,12)6-5-8(2)3/h8H,4-7H2,1-3H3. The Balaban J connectivity index is 4.02. The number of carbonyl (C=O) groups excluding carboxylic acids is 1. The van der Waals surface area contributed by atoms with Crippen LogP contribution < -0.4 is 0 Å². The molecule has 0 aromatic rings. The summed E-state index contributed by atoms with van der Waals surface area (Å²) in [5.74, 6) is 0.0300. The maximum absolute atomic E-state index is 11.3. The molecule has 0 unspecified atom stereocenters. The highest BCUT2D eigenvalue weighted by Crippen LogP contribution is 2.04. The Morgan fingerprint density at radius 3 is 2.23 bits per heavy atom. The molecule has 0 rings (SSSR count). The van der Waals surface area contributed by atoms with Crippen molar-refractivity contribution >= 4 is 15.6 Å². The second-order valence-electron chi connectivity index (χ2n) is 3.67. The van der Waals surface area contributed by atoms with Crippen molar-refractivity contribution in [1.29, 1.82) is 0 Å². The molecule has 0 spiro atoms. The number of hydrogen-bond acceptors (Lipinski definition) is 3. The zero-order valence-corrected chi connectivity index (χ0v) is 9.36. The van der Waals surface area contributed by atoms with E-state index in [-0.39, 0.29) is 17.3 Å². The van der Waals surface area contributed by atoms with Crippen LogP contribution in [-0.4, -0.2) is 25.7 Å². The van der Waals surface area contributed by atoms with Crippen molar-refractivity contribution in [2.45, 2.75) is 33.6 Å². The molecule has 78 valence electrons. The number of rotatable bonds is 6. The van der Waals surface area contributed by atoms with Gasteiger partial charge in [0.2, 0.25) is 0 Å². The Hall–Kier alpha value is -0.380. The molecule has 3 nitrogen and oxygen atoms in total. The largest absolute Gasteiger partial charge is 0.299 e. The summed E-state index contributed by atoms with van der Waals surface area (Å²) in [6.07, 6.45) is 0.945. The zero-order chi connectivity index (χ0) is 10.5. The second-order valence-corrected chi connectivity index (χ2v) is 5.85. The lowest BCUT2D eigenvalue weighted by Crippen LogP contribution is -2.19. The number of hydrogen-bond donors (Lipinski definition) is 0. The first-order valence-corrected chi connectivity index (χ1v) is 6.41. The van der Waals surface area contributed by atoms with E-state index in [1.165, 1.54) is 0 Å². The van der Waals surface area contributed by atoms with Gasteiger partial charge in [0, 0.05) is 6.42 Å².